The lowest BCUT2D eigenvalue weighted by atomic mass is 10.0. The second-order valence-electron chi connectivity index (χ2n) is 4.46. The highest BCUT2D eigenvalue weighted by molar-refractivity contribution is 5.62. The van der Waals surface area contributed by atoms with Gasteiger partial charge >= 0.3 is 0 Å². The highest BCUT2D eigenvalue weighted by atomic mass is 15.4. The lowest BCUT2D eigenvalue weighted by Gasteiger charge is -2.20. The van der Waals surface area contributed by atoms with Crippen molar-refractivity contribution in [2.45, 2.75) is 19.8 Å². The summed E-state index contributed by atoms with van der Waals surface area (Å²) in [5, 5.41) is 1.71. The summed E-state index contributed by atoms with van der Waals surface area (Å²) in [6.07, 6.45) is 0. The summed E-state index contributed by atoms with van der Waals surface area (Å²) in [5.41, 5.74) is 3.31. The van der Waals surface area contributed by atoms with Gasteiger partial charge < -0.3 is 0 Å². The normalized spacial score (nSPS) is 10.6. The van der Waals surface area contributed by atoms with Crippen LogP contribution in [0.2, 0.25) is 0 Å². The molecule has 0 saturated heterocycles. The van der Waals surface area contributed by atoms with Gasteiger partial charge in [-0.15, -0.1) is 0 Å². The molecule has 0 heterocycles. The molecule has 2 N–H and O–H groups in total. The van der Waals surface area contributed by atoms with E-state index >= 15 is 0 Å². The fourth-order valence-corrected chi connectivity index (χ4v) is 1.77. The van der Waals surface area contributed by atoms with E-state index in [-0.39, 0.29) is 0 Å². The van der Waals surface area contributed by atoms with Crippen molar-refractivity contribution >= 4 is 11.4 Å². The molecule has 17 heavy (non-hydrogen) atoms. The molecule has 0 aliphatic heterocycles. The van der Waals surface area contributed by atoms with Crippen LogP contribution in [0.3, 0.4) is 0 Å². The molecule has 2 heteroatoms. The Morgan fingerprint density at radius 3 is 2.18 bits per heavy atom. The molecule has 0 amide bonds. The molecule has 2 aromatic rings. The number of hydrogen-bond acceptors (Lipinski definition) is 2. The molecule has 0 unspecified atom stereocenters. The van der Waals surface area contributed by atoms with Gasteiger partial charge in [0.25, 0.3) is 0 Å². The molecule has 0 aromatic heterocycles. The maximum atomic E-state index is 6.12. The van der Waals surface area contributed by atoms with Gasteiger partial charge in [-0.05, 0) is 35.7 Å². The van der Waals surface area contributed by atoms with Crippen molar-refractivity contribution in [2.24, 2.45) is 5.84 Å². The summed E-state index contributed by atoms with van der Waals surface area (Å²) >= 11 is 0. The fourth-order valence-electron chi connectivity index (χ4n) is 1.77. The smallest absolute Gasteiger partial charge is 0.0578 e. The zero-order valence-electron chi connectivity index (χ0n) is 10.3. The predicted molar refractivity (Wildman–Crippen MR) is 73.3 cm³/mol. The Morgan fingerprint density at radius 2 is 1.53 bits per heavy atom. The van der Waals surface area contributed by atoms with E-state index in [1.54, 1.807) is 5.01 Å². The van der Waals surface area contributed by atoms with Crippen LogP contribution in [-0.4, -0.2) is 0 Å². The highest BCUT2D eigenvalue weighted by Gasteiger charge is 2.06. The zero-order chi connectivity index (χ0) is 12.3. The minimum Gasteiger partial charge on any atom is -0.280 e. The molecule has 0 aliphatic rings. The molecule has 0 saturated carbocycles. The standard InChI is InChI=1S/C15H18N2/c1-12(2)13-7-6-10-15(11-13)17(16)14-8-4-3-5-9-14/h3-12H,16H2,1-2H3. The van der Waals surface area contributed by atoms with E-state index in [0.29, 0.717) is 5.92 Å². The molecule has 0 bridgehead atoms. The number of nitrogens with two attached hydrogens (primary N) is 1. The topological polar surface area (TPSA) is 29.3 Å². The van der Waals surface area contributed by atoms with E-state index < -0.39 is 0 Å². The Morgan fingerprint density at radius 1 is 0.882 bits per heavy atom. The van der Waals surface area contributed by atoms with Crippen molar-refractivity contribution in [3.8, 4) is 0 Å². The second-order valence-corrected chi connectivity index (χ2v) is 4.46. The van der Waals surface area contributed by atoms with Crippen molar-refractivity contribution in [2.75, 3.05) is 5.01 Å². The molecule has 88 valence electrons. The SMILES string of the molecule is CC(C)c1cccc(N(N)c2ccccc2)c1. The Labute approximate surface area is 103 Å². The third kappa shape index (κ3) is 2.66. The Bertz CT molecular complexity index is 477. The monoisotopic (exact) mass is 226 g/mol. The number of anilines is 2. The van der Waals surface area contributed by atoms with Gasteiger partial charge in [0.1, 0.15) is 0 Å². The Hall–Kier alpha value is -1.80. The van der Waals surface area contributed by atoms with E-state index in [2.05, 4.69) is 26.0 Å². The Kier molecular flexibility index (Phi) is 3.45. The molecule has 2 rings (SSSR count). The quantitative estimate of drug-likeness (QED) is 0.636. The van der Waals surface area contributed by atoms with Crippen LogP contribution in [0, 0.1) is 0 Å². The molecule has 0 fully saturated rings. The molecular formula is C15H18N2. The highest BCUT2D eigenvalue weighted by Crippen LogP contribution is 2.24. The van der Waals surface area contributed by atoms with Crippen molar-refractivity contribution < 1.29 is 0 Å². The second kappa shape index (κ2) is 5.02. The fraction of sp³-hybridized carbons (Fsp3) is 0.200. The number of nitrogens with zero attached hydrogens (tertiary/aromatic N) is 1. The van der Waals surface area contributed by atoms with Gasteiger partial charge in [0.05, 0.1) is 11.4 Å². The maximum Gasteiger partial charge on any atom is 0.0578 e. The number of rotatable bonds is 3. The molecule has 0 atom stereocenters. The van der Waals surface area contributed by atoms with Crippen molar-refractivity contribution in [3.05, 3.63) is 60.2 Å². The molecule has 0 spiro atoms. The maximum absolute atomic E-state index is 6.12. The third-order valence-corrected chi connectivity index (χ3v) is 2.85. The Balaban J connectivity index is 2.31. The van der Waals surface area contributed by atoms with Gasteiger partial charge in [-0.25, -0.2) is 5.84 Å². The number of benzene rings is 2. The van der Waals surface area contributed by atoms with Gasteiger partial charge in [0.15, 0.2) is 0 Å². The van der Waals surface area contributed by atoms with Crippen LogP contribution in [-0.2, 0) is 0 Å². The molecule has 0 aliphatic carbocycles. The molecule has 2 nitrogen and oxygen atoms in total. The van der Waals surface area contributed by atoms with Crippen LogP contribution in [0.5, 0.6) is 0 Å². The number of para-hydroxylation sites is 1. The molecule has 2 aromatic carbocycles. The van der Waals surface area contributed by atoms with Gasteiger partial charge in [-0.1, -0.05) is 44.2 Å². The van der Waals surface area contributed by atoms with Gasteiger partial charge in [-0.2, -0.15) is 0 Å². The first-order valence-electron chi connectivity index (χ1n) is 5.88. The predicted octanol–water partition coefficient (Wildman–Crippen LogP) is 3.82. The van der Waals surface area contributed by atoms with Gasteiger partial charge in [0.2, 0.25) is 0 Å². The first-order valence-corrected chi connectivity index (χ1v) is 5.88. The minimum absolute atomic E-state index is 0.513. The average molecular weight is 226 g/mol. The van der Waals surface area contributed by atoms with Crippen LogP contribution in [0.4, 0.5) is 11.4 Å². The van der Waals surface area contributed by atoms with Crippen molar-refractivity contribution in [1.29, 1.82) is 0 Å². The van der Waals surface area contributed by atoms with Crippen LogP contribution in [0.15, 0.2) is 54.6 Å². The van der Waals surface area contributed by atoms with E-state index in [1.807, 2.05) is 42.5 Å². The number of hydrazine groups is 1. The summed E-state index contributed by atoms with van der Waals surface area (Å²) in [4.78, 5) is 0. The summed E-state index contributed by atoms with van der Waals surface area (Å²) in [6.45, 7) is 4.37. The lowest BCUT2D eigenvalue weighted by Crippen LogP contribution is -2.24. The van der Waals surface area contributed by atoms with Crippen molar-refractivity contribution in [3.63, 3.8) is 0 Å². The van der Waals surface area contributed by atoms with Gasteiger partial charge in [-0.3, -0.25) is 5.01 Å². The van der Waals surface area contributed by atoms with E-state index in [0.717, 1.165) is 11.4 Å². The van der Waals surface area contributed by atoms with Crippen LogP contribution in [0.1, 0.15) is 25.3 Å². The van der Waals surface area contributed by atoms with Crippen molar-refractivity contribution in [1.82, 2.24) is 0 Å². The first-order chi connectivity index (χ1) is 8.18. The molecule has 0 radical (unpaired) electrons. The average Bonchev–Trinajstić information content (AvgIpc) is 2.39. The summed E-state index contributed by atoms with van der Waals surface area (Å²) in [5.74, 6) is 6.63. The largest absolute Gasteiger partial charge is 0.280 e. The van der Waals surface area contributed by atoms with Crippen LogP contribution >= 0.6 is 0 Å². The van der Waals surface area contributed by atoms with E-state index in [4.69, 9.17) is 5.84 Å². The van der Waals surface area contributed by atoms with Crippen LogP contribution < -0.4 is 10.9 Å². The zero-order valence-corrected chi connectivity index (χ0v) is 10.3. The third-order valence-electron chi connectivity index (χ3n) is 2.85. The summed E-state index contributed by atoms with van der Waals surface area (Å²) in [6, 6.07) is 18.3. The van der Waals surface area contributed by atoms with E-state index in [9.17, 15) is 0 Å². The first kappa shape index (κ1) is 11.7. The van der Waals surface area contributed by atoms with Gasteiger partial charge in [0, 0.05) is 0 Å². The van der Waals surface area contributed by atoms with Crippen LogP contribution in [0.25, 0.3) is 0 Å². The van der Waals surface area contributed by atoms with E-state index in [1.165, 1.54) is 5.56 Å². The molecular weight excluding hydrogens is 208 g/mol. The minimum atomic E-state index is 0.513. The summed E-state index contributed by atoms with van der Waals surface area (Å²) in [7, 11) is 0. The summed E-state index contributed by atoms with van der Waals surface area (Å²) < 4.78 is 0. The number of hydrogen-bond donors (Lipinski definition) is 1. The lowest BCUT2D eigenvalue weighted by molar-refractivity contribution is 0.865.